The number of carbonyl (C=O) groups is 1. The maximum Gasteiger partial charge on any atom is 0.230 e. The standard InChI is InChI=1S/C14H15NOS/c1-10(14(15)16)17-9-12-7-4-6-11-5-2-3-8-13(11)12/h2-8,10H,9H2,1H3,(H2,15,16)/t10-/m1/s1. The van der Waals surface area contributed by atoms with Gasteiger partial charge in [-0.25, -0.2) is 0 Å². The Hall–Kier alpha value is -1.48. The normalized spacial score (nSPS) is 12.5. The summed E-state index contributed by atoms with van der Waals surface area (Å²) in [6, 6.07) is 14.5. The van der Waals surface area contributed by atoms with Crippen LogP contribution in [0.5, 0.6) is 0 Å². The van der Waals surface area contributed by atoms with Gasteiger partial charge in [0.25, 0.3) is 0 Å². The molecule has 17 heavy (non-hydrogen) atoms. The number of hydrogen-bond donors (Lipinski definition) is 1. The molecule has 88 valence electrons. The number of fused-ring (bicyclic) bond motifs is 1. The Labute approximate surface area is 105 Å². The van der Waals surface area contributed by atoms with E-state index in [-0.39, 0.29) is 11.2 Å². The number of benzene rings is 2. The quantitative estimate of drug-likeness (QED) is 0.900. The molecule has 0 aliphatic rings. The van der Waals surface area contributed by atoms with Gasteiger partial charge in [-0.15, -0.1) is 11.8 Å². The first-order valence-corrected chi connectivity index (χ1v) is 6.61. The summed E-state index contributed by atoms with van der Waals surface area (Å²) >= 11 is 1.58. The van der Waals surface area contributed by atoms with E-state index in [4.69, 9.17) is 5.73 Å². The maximum atomic E-state index is 11.0. The fourth-order valence-corrected chi connectivity index (χ4v) is 2.56. The zero-order valence-corrected chi connectivity index (χ0v) is 10.5. The Morgan fingerprint density at radius 2 is 1.94 bits per heavy atom. The smallest absolute Gasteiger partial charge is 0.230 e. The van der Waals surface area contributed by atoms with Crippen LogP contribution in [0.25, 0.3) is 10.8 Å². The molecule has 0 bridgehead atoms. The van der Waals surface area contributed by atoms with E-state index in [1.165, 1.54) is 16.3 Å². The first-order valence-electron chi connectivity index (χ1n) is 5.56. The summed E-state index contributed by atoms with van der Waals surface area (Å²) in [4.78, 5) is 11.0. The second-order valence-corrected chi connectivity index (χ2v) is 5.32. The van der Waals surface area contributed by atoms with Crippen molar-refractivity contribution in [2.75, 3.05) is 0 Å². The van der Waals surface area contributed by atoms with Crippen molar-refractivity contribution < 1.29 is 4.79 Å². The van der Waals surface area contributed by atoms with Crippen molar-refractivity contribution >= 4 is 28.4 Å². The molecule has 0 unspecified atom stereocenters. The van der Waals surface area contributed by atoms with Gasteiger partial charge in [0.1, 0.15) is 0 Å². The Bertz CT molecular complexity index is 533. The van der Waals surface area contributed by atoms with Crippen LogP contribution in [0.3, 0.4) is 0 Å². The van der Waals surface area contributed by atoms with Crippen LogP contribution in [0.15, 0.2) is 42.5 Å². The van der Waals surface area contributed by atoms with Crippen LogP contribution in [0.2, 0.25) is 0 Å². The minimum absolute atomic E-state index is 0.144. The molecular formula is C14H15NOS. The second-order valence-electron chi connectivity index (χ2n) is 3.99. The van der Waals surface area contributed by atoms with Crippen molar-refractivity contribution in [2.45, 2.75) is 17.9 Å². The van der Waals surface area contributed by atoms with Crippen LogP contribution in [0.4, 0.5) is 0 Å². The molecular weight excluding hydrogens is 230 g/mol. The van der Waals surface area contributed by atoms with E-state index in [9.17, 15) is 4.79 Å². The molecule has 2 aromatic carbocycles. The van der Waals surface area contributed by atoms with E-state index in [0.29, 0.717) is 0 Å². The molecule has 2 N–H and O–H groups in total. The average molecular weight is 245 g/mol. The van der Waals surface area contributed by atoms with Crippen molar-refractivity contribution in [3.05, 3.63) is 48.0 Å². The third-order valence-electron chi connectivity index (χ3n) is 2.77. The Morgan fingerprint density at radius 3 is 2.71 bits per heavy atom. The molecule has 1 atom stereocenters. The largest absolute Gasteiger partial charge is 0.369 e. The summed E-state index contributed by atoms with van der Waals surface area (Å²) in [6.07, 6.45) is 0. The van der Waals surface area contributed by atoms with Gasteiger partial charge in [-0.2, -0.15) is 0 Å². The van der Waals surface area contributed by atoms with Crippen molar-refractivity contribution in [1.82, 2.24) is 0 Å². The van der Waals surface area contributed by atoms with Crippen LogP contribution >= 0.6 is 11.8 Å². The predicted octanol–water partition coefficient (Wildman–Crippen LogP) is 2.95. The topological polar surface area (TPSA) is 43.1 Å². The van der Waals surface area contributed by atoms with Gasteiger partial charge in [0, 0.05) is 5.75 Å². The first kappa shape index (κ1) is 12.0. The highest BCUT2D eigenvalue weighted by Crippen LogP contribution is 2.24. The van der Waals surface area contributed by atoms with E-state index >= 15 is 0 Å². The third-order valence-corrected chi connectivity index (χ3v) is 3.98. The molecule has 0 aromatic heterocycles. The molecule has 3 heteroatoms. The SMILES string of the molecule is C[C@@H](SCc1cccc2ccccc12)C(N)=O. The van der Waals surface area contributed by atoms with Crippen LogP contribution in [0, 0.1) is 0 Å². The number of carbonyl (C=O) groups excluding carboxylic acids is 1. The van der Waals surface area contributed by atoms with Gasteiger partial charge in [-0.1, -0.05) is 42.5 Å². The maximum absolute atomic E-state index is 11.0. The third kappa shape index (κ3) is 2.80. The van der Waals surface area contributed by atoms with E-state index < -0.39 is 0 Å². The van der Waals surface area contributed by atoms with Crippen molar-refractivity contribution in [3.63, 3.8) is 0 Å². The van der Waals surface area contributed by atoms with Crippen molar-refractivity contribution in [3.8, 4) is 0 Å². The predicted molar refractivity (Wildman–Crippen MR) is 73.9 cm³/mol. The lowest BCUT2D eigenvalue weighted by Crippen LogP contribution is -2.22. The molecule has 2 nitrogen and oxygen atoms in total. The number of thioether (sulfide) groups is 1. The molecule has 2 rings (SSSR count). The summed E-state index contributed by atoms with van der Waals surface area (Å²) in [7, 11) is 0. The fourth-order valence-electron chi connectivity index (χ4n) is 1.72. The highest BCUT2D eigenvalue weighted by molar-refractivity contribution is 7.99. The number of primary amides is 1. The lowest BCUT2D eigenvalue weighted by molar-refractivity contribution is -0.117. The molecule has 2 aromatic rings. The van der Waals surface area contributed by atoms with E-state index in [2.05, 4.69) is 24.3 Å². The van der Waals surface area contributed by atoms with Crippen LogP contribution in [-0.4, -0.2) is 11.2 Å². The Balaban J connectivity index is 2.21. The number of amides is 1. The van der Waals surface area contributed by atoms with E-state index in [1.54, 1.807) is 11.8 Å². The highest BCUT2D eigenvalue weighted by atomic mass is 32.2. The average Bonchev–Trinajstić information content (AvgIpc) is 2.35. The lowest BCUT2D eigenvalue weighted by Gasteiger charge is -2.09. The zero-order valence-electron chi connectivity index (χ0n) is 9.72. The first-order chi connectivity index (χ1) is 8.18. The molecule has 0 saturated carbocycles. The Morgan fingerprint density at radius 1 is 1.24 bits per heavy atom. The van der Waals surface area contributed by atoms with E-state index in [1.807, 2.05) is 25.1 Å². The summed E-state index contributed by atoms with van der Waals surface area (Å²) < 4.78 is 0. The molecule has 1 amide bonds. The second kappa shape index (κ2) is 5.23. The van der Waals surface area contributed by atoms with Crippen LogP contribution in [-0.2, 0) is 10.5 Å². The molecule has 0 saturated heterocycles. The number of hydrogen-bond acceptors (Lipinski definition) is 2. The van der Waals surface area contributed by atoms with Gasteiger partial charge in [0.2, 0.25) is 5.91 Å². The highest BCUT2D eigenvalue weighted by Gasteiger charge is 2.09. The van der Waals surface area contributed by atoms with Gasteiger partial charge in [-0.3, -0.25) is 4.79 Å². The summed E-state index contributed by atoms with van der Waals surface area (Å²) in [5, 5.41) is 2.34. The molecule has 0 aliphatic carbocycles. The minimum Gasteiger partial charge on any atom is -0.369 e. The van der Waals surface area contributed by atoms with Gasteiger partial charge in [0.05, 0.1) is 5.25 Å². The molecule has 0 heterocycles. The van der Waals surface area contributed by atoms with Crippen LogP contribution in [0.1, 0.15) is 12.5 Å². The minimum atomic E-state index is -0.254. The van der Waals surface area contributed by atoms with Gasteiger partial charge in [0.15, 0.2) is 0 Å². The van der Waals surface area contributed by atoms with Gasteiger partial charge < -0.3 is 5.73 Å². The van der Waals surface area contributed by atoms with E-state index in [0.717, 1.165) is 5.75 Å². The fraction of sp³-hybridized carbons (Fsp3) is 0.214. The zero-order chi connectivity index (χ0) is 12.3. The van der Waals surface area contributed by atoms with Crippen LogP contribution < -0.4 is 5.73 Å². The van der Waals surface area contributed by atoms with Crippen molar-refractivity contribution in [2.24, 2.45) is 5.73 Å². The summed E-state index contributed by atoms with van der Waals surface area (Å²) in [5.41, 5.74) is 6.50. The Kier molecular flexibility index (Phi) is 3.69. The molecule has 0 spiro atoms. The molecule has 0 radical (unpaired) electrons. The summed E-state index contributed by atoms with van der Waals surface area (Å²) in [6.45, 7) is 1.85. The van der Waals surface area contributed by atoms with Gasteiger partial charge in [-0.05, 0) is 23.3 Å². The monoisotopic (exact) mass is 245 g/mol. The lowest BCUT2D eigenvalue weighted by atomic mass is 10.1. The molecule has 0 fully saturated rings. The summed E-state index contributed by atoms with van der Waals surface area (Å²) in [5.74, 6) is 0.557. The van der Waals surface area contributed by atoms with Crippen molar-refractivity contribution in [1.29, 1.82) is 0 Å². The van der Waals surface area contributed by atoms with Gasteiger partial charge >= 0.3 is 0 Å². The number of rotatable bonds is 4. The molecule has 0 aliphatic heterocycles. The number of nitrogens with two attached hydrogens (primary N) is 1.